The molecule has 5 rings (SSSR count). The van der Waals surface area contributed by atoms with E-state index in [1.54, 1.807) is 37.5 Å². The maximum atomic E-state index is 12.9. The van der Waals surface area contributed by atoms with E-state index in [-0.39, 0.29) is 24.9 Å². The van der Waals surface area contributed by atoms with Crippen LogP contribution in [0, 0.1) is 6.92 Å². The summed E-state index contributed by atoms with van der Waals surface area (Å²) in [4.78, 5) is 25.8. The predicted octanol–water partition coefficient (Wildman–Crippen LogP) is -2.57. The fourth-order valence-electron chi connectivity index (χ4n) is 6.92. The fourth-order valence-corrected chi connectivity index (χ4v) is 6.92. The number of carbonyl (C=O) groups is 2. The topological polar surface area (TPSA) is 323 Å². The zero-order chi connectivity index (χ0) is 39.6. The van der Waals surface area contributed by atoms with Gasteiger partial charge in [0.2, 0.25) is 11.8 Å². The Morgan fingerprint density at radius 3 is 1.53 bits per heavy atom. The highest BCUT2D eigenvalue weighted by atomic mass is 16.5. The van der Waals surface area contributed by atoms with E-state index >= 15 is 0 Å². The first-order valence-corrected chi connectivity index (χ1v) is 18.8. The summed E-state index contributed by atoms with van der Waals surface area (Å²) < 4.78 is 14.4. The van der Waals surface area contributed by atoms with Crippen LogP contribution in [-0.4, -0.2) is 136 Å². The van der Waals surface area contributed by atoms with Gasteiger partial charge in [-0.15, -0.1) is 10.2 Å². The molecule has 14 N–H and O–H groups in total. The normalized spacial score (nSPS) is 28.2. The molecule has 2 aromatic heterocycles. The van der Waals surface area contributed by atoms with Gasteiger partial charge in [-0.2, -0.15) is 0 Å². The van der Waals surface area contributed by atoms with Gasteiger partial charge in [0.25, 0.3) is 0 Å². The molecule has 0 saturated heterocycles. The standard InChI is InChI=1S/C35H56N12O8/c1-19-26(40-28(48)17-46-15-20(42-44-46)7-2-4-11-54-34-24(38)13-22(36)30(50)32(34)52)9-6-10-27(19)41-29(49)18-47-16-21(43-45-47)8-3-5-12-55-35-25(39)14-23(37)31(51)33(35)53/h6,9-10,15-16,22-25,30-35,50-53H,2-5,7-8,11-14,17-18,36-39H2,1H3,(H,40,48)(H,41,49)/t22-,23-,24+,25+,30+,31+,32-,33-,34-,35-/m1/s1. The van der Waals surface area contributed by atoms with Gasteiger partial charge in [0.1, 0.15) is 37.5 Å². The Morgan fingerprint density at radius 2 is 1.11 bits per heavy atom. The van der Waals surface area contributed by atoms with Crippen LogP contribution in [0.4, 0.5) is 11.4 Å². The number of hydrogen-bond donors (Lipinski definition) is 10. The molecule has 0 aliphatic heterocycles. The third-order valence-corrected chi connectivity index (χ3v) is 10.1. The highest BCUT2D eigenvalue weighted by molar-refractivity contribution is 5.95. The van der Waals surface area contributed by atoms with Gasteiger partial charge in [-0.1, -0.05) is 16.5 Å². The fraction of sp³-hybridized carbons (Fsp3) is 0.657. The van der Waals surface area contributed by atoms with E-state index in [1.165, 1.54) is 9.36 Å². The van der Waals surface area contributed by atoms with E-state index in [0.717, 1.165) is 12.8 Å². The first-order valence-electron chi connectivity index (χ1n) is 18.8. The van der Waals surface area contributed by atoms with Gasteiger partial charge in [0, 0.05) is 61.1 Å². The Morgan fingerprint density at radius 1 is 0.691 bits per heavy atom. The summed E-state index contributed by atoms with van der Waals surface area (Å²) in [6.45, 7) is 2.36. The number of anilines is 2. The second-order valence-corrected chi connectivity index (χ2v) is 14.6. The summed E-state index contributed by atoms with van der Waals surface area (Å²) in [6.07, 6.45) is 2.39. The minimum Gasteiger partial charge on any atom is -0.389 e. The number of aryl methyl sites for hydroxylation is 2. The number of nitrogens with two attached hydrogens (primary N) is 4. The molecule has 0 unspecified atom stereocenters. The highest BCUT2D eigenvalue weighted by Crippen LogP contribution is 2.25. The van der Waals surface area contributed by atoms with Crippen molar-refractivity contribution in [3.8, 4) is 0 Å². The van der Waals surface area contributed by atoms with Crippen molar-refractivity contribution in [3.05, 3.63) is 47.5 Å². The van der Waals surface area contributed by atoms with Crippen molar-refractivity contribution in [2.75, 3.05) is 23.8 Å². The van der Waals surface area contributed by atoms with Gasteiger partial charge < -0.3 is 63.5 Å². The SMILES string of the molecule is Cc1c(NC(=O)Cn2cc(CCCCO[C@H]3[C@H](O)[C@@H](O)[C@H](N)C[C@@H]3N)nn2)cccc1NC(=O)Cn1cc(CCCCO[C@H]2[C@H](O)[C@@H](O)[C@H](N)C[C@@H]2N)nn1. The van der Waals surface area contributed by atoms with Gasteiger partial charge in [-0.05, 0) is 76.0 Å². The molecular weight excluding hydrogens is 716 g/mol. The van der Waals surface area contributed by atoms with Gasteiger partial charge in [-0.3, -0.25) is 9.59 Å². The van der Waals surface area contributed by atoms with Crippen LogP contribution in [0.3, 0.4) is 0 Å². The van der Waals surface area contributed by atoms with Crippen molar-refractivity contribution in [1.82, 2.24) is 30.0 Å². The number of nitrogens with zero attached hydrogens (tertiary/aromatic N) is 6. The zero-order valence-electron chi connectivity index (χ0n) is 31.1. The largest absolute Gasteiger partial charge is 0.389 e. The minimum absolute atomic E-state index is 0.0627. The Balaban J connectivity index is 0.988. The second-order valence-electron chi connectivity index (χ2n) is 14.6. The molecule has 2 saturated carbocycles. The Hall–Kier alpha value is -3.96. The number of benzene rings is 1. The van der Waals surface area contributed by atoms with Gasteiger partial charge in [0.05, 0.1) is 23.6 Å². The van der Waals surface area contributed by atoms with Crippen molar-refractivity contribution in [1.29, 1.82) is 0 Å². The molecule has 20 nitrogen and oxygen atoms in total. The predicted molar refractivity (Wildman–Crippen MR) is 199 cm³/mol. The number of aliphatic hydroxyl groups excluding tert-OH is 4. The average molecular weight is 773 g/mol. The summed E-state index contributed by atoms with van der Waals surface area (Å²) in [7, 11) is 0. The van der Waals surface area contributed by atoms with E-state index in [1.807, 2.05) is 0 Å². The highest BCUT2D eigenvalue weighted by Gasteiger charge is 2.42. The van der Waals surface area contributed by atoms with Gasteiger partial charge in [0.15, 0.2) is 0 Å². The molecule has 1 aromatic carbocycles. The van der Waals surface area contributed by atoms with E-state index < -0.39 is 60.8 Å². The number of ether oxygens (including phenoxy) is 2. The number of aliphatic hydroxyl groups is 4. The lowest BCUT2D eigenvalue weighted by Gasteiger charge is -2.39. The Labute approximate surface area is 318 Å². The first kappa shape index (κ1) is 42.2. The van der Waals surface area contributed by atoms with Crippen LogP contribution < -0.4 is 33.6 Å². The molecule has 0 radical (unpaired) electrons. The van der Waals surface area contributed by atoms with Crippen molar-refractivity contribution < 1.29 is 39.5 Å². The van der Waals surface area contributed by atoms with Crippen molar-refractivity contribution in [2.45, 2.75) is 132 Å². The van der Waals surface area contributed by atoms with E-state index in [4.69, 9.17) is 32.4 Å². The van der Waals surface area contributed by atoms with E-state index in [0.29, 0.717) is 80.1 Å². The van der Waals surface area contributed by atoms with Crippen LogP contribution in [0.25, 0.3) is 0 Å². The molecule has 2 fully saturated rings. The molecule has 55 heavy (non-hydrogen) atoms. The van der Waals surface area contributed by atoms with Crippen LogP contribution in [-0.2, 0) is 45.0 Å². The van der Waals surface area contributed by atoms with Gasteiger partial charge >= 0.3 is 0 Å². The first-order chi connectivity index (χ1) is 26.3. The van der Waals surface area contributed by atoms with E-state index in [9.17, 15) is 30.0 Å². The summed E-state index contributed by atoms with van der Waals surface area (Å²) in [5, 5.41) is 62.7. The van der Waals surface area contributed by atoms with Crippen LogP contribution in [0.5, 0.6) is 0 Å². The number of carbonyl (C=O) groups excluding carboxylic acids is 2. The molecule has 2 amide bonds. The number of hydrogen-bond acceptors (Lipinski definition) is 16. The molecule has 2 aliphatic carbocycles. The minimum atomic E-state index is -1.13. The molecule has 2 aliphatic rings. The van der Waals surface area contributed by atoms with Crippen LogP contribution in [0.15, 0.2) is 30.6 Å². The Bertz CT molecular complexity index is 1580. The number of nitrogens with one attached hydrogen (secondary N) is 2. The van der Waals surface area contributed by atoms with Crippen LogP contribution >= 0.6 is 0 Å². The zero-order valence-corrected chi connectivity index (χ0v) is 31.1. The number of aromatic nitrogens is 6. The molecular formula is C35H56N12O8. The van der Waals surface area contributed by atoms with Crippen LogP contribution in [0.2, 0.25) is 0 Å². The maximum absolute atomic E-state index is 12.9. The number of amides is 2. The maximum Gasteiger partial charge on any atom is 0.246 e. The third-order valence-electron chi connectivity index (χ3n) is 10.1. The monoisotopic (exact) mass is 772 g/mol. The molecule has 304 valence electrons. The van der Waals surface area contributed by atoms with Crippen LogP contribution in [0.1, 0.15) is 55.5 Å². The average Bonchev–Trinajstić information content (AvgIpc) is 3.79. The summed E-state index contributed by atoms with van der Waals surface area (Å²) in [5.74, 6) is -0.637. The van der Waals surface area contributed by atoms with E-state index in [2.05, 4.69) is 31.3 Å². The number of rotatable bonds is 18. The number of unbranched alkanes of at least 4 members (excludes halogenated alkanes) is 2. The lowest BCUT2D eigenvalue weighted by atomic mass is 9.85. The van der Waals surface area contributed by atoms with Crippen molar-refractivity contribution in [2.24, 2.45) is 22.9 Å². The third kappa shape index (κ3) is 11.5. The van der Waals surface area contributed by atoms with Gasteiger partial charge in [-0.25, -0.2) is 9.36 Å². The van der Waals surface area contributed by atoms with Crippen molar-refractivity contribution in [3.63, 3.8) is 0 Å². The summed E-state index contributed by atoms with van der Waals surface area (Å²) in [5.41, 5.74) is 26.9. The second kappa shape index (κ2) is 19.8. The Kier molecular flexibility index (Phi) is 15.2. The molecule has 10 atom stereocenters. The molecule has 2 heterocycles. The molecule has 0 spiro atoms. The quantitative estimate of drug-likeness (QED) is 0.0594. The summed E-state index contributed by atoms with van der Waals surface area (Å²) >= 11 is 0. The lowest BCUT2D eigenvalue weighted by molar-refractivity contribution is -0.127. The van der Waals surface area contributed by atoms with Crippen molar-refractivity contribution >= 4 is 23.2 Å². The smallest absolute Gasteiger partial charge is 0.246 e. The lowest BCUT2D eigenvalue weighted by Crippen LogP contribution is -2.62. The summed E-state index contributed by atoms with van der Waals surface area (Å²) in [6, 6.07) is 3.14. The molecule has 20 heteroatoms. The molecule has 0 bridgehead atoms. The molecule has 3 aromatic rings.